The Kier molecular flexibility index (Phi) is 2.78. The molecule has 1 aliphatic heterocycles. The Morgan fingerprint density at radius 1 is 1.50 bits per heavy atom. The van der Waals surface area contributed by atoms with Crippen molar-refractivity contribution in [3.63, 3.8) is 0 Å². The second-order valence-electron chi connectivity index (χ2n) is 4.13. The molecule has 4 nitrogen and oxygen atoms in total. The van der Waals surface area contributed by atoms with Gasteiger partial charge in [-0.1, -0.05) is 0 Å². The highest BCUT2D eigenvalue weighted by atomic mass is 16.6. The van der Waals surface area contributed by atoms with E-state index in [1.165, 1.54) is 0 Å². The number of phenols is 1. The number of aromatic hydroxyl groups is 1. The molecule has 1 aromatic rings. The fraction of sp³-hybridized carbons (Fsp3) is 0.500. The van der Waals surface area contributed by atoms with Gasteiger partial charge in [0.2, 0.25) is 0 Å². The lowest BCUT2D eigenvalue weighted by atomic mass is 9.95. The van der Waals surface area contributed by atoms with Crippen molar-refractivity contribution < 1.29 is 19.7 Å². The van der Waals surface area contributed by atoms with Crippen LogP contribution in [0, 0.1) is 6.92 Å². The van der Waals surface area contributed by atoms with Gasteiger partial charge in [-0.15, -0.1) is 0 Å². The summed E-state index contributed by atoms with van der Waals surface area (Å²) < 4.78 is 10.5. The highest BCUT2D eigenvalue weighted by molar-refractivity contribution is 5.54. The van der Waals surface area contributed by atoms with Crippen LogP contribution in [0.2, 0.25) is 0 Å². The molecular weight excluding hydrogens is 208 g/mol. The van der Waals surface area contributed by atoms with Crippen LogP contribution in [0.4, 0.5) is 0 Å². The number of hydrogen-bond acceptors (Lipinski definition) is 4. The summed E-state index contributed by atoms with van der Waals surface area (Å²) in [6.07, 6.45) is -0.450. The van der Waals surface area contributed by atoms with Gasteiger partial charge in [0, 0.05) is 5.56 Å². The van der Waals surface area contributed by atoms with Gasteiger partial charge in [0.15, 0.2) is 6.29 Å². The monoisotopic (exact) mass is 224 g/mol. The topological polar surface area (TPSA) is 58.9 Å². The van der Waals surface area contributed by atoms with Gasteiger partial charge in [-0.2, -0.15) is 0 Å². The van der Waals surface area contributed by atoms with E-state index in [9.17, 15) is 10.2 Å². The summed E-state index contributed by atoms with van der Waals surface area (Å²) in [6, 6.07) is 1.85. The number of aliphatic hydroxyl groups excluding tert-OH is 1. The molecule has 2 atom stereocenters. The van der Waals surface area contributed by atoms with Crippen LogP contribution in [-0.4, -0.2) is 23.4 Å². The van der Waals surface area contributed by atoms with Crippen LogP contribution in [0.1, 0.15) is 29.9 Å². The fourth-order valence-electron chi connectivity index (χ4n) is 2.12. The zero-order valence-electron chi connectivity index (χ0n) is 9.65. The van der Waals surface area contributed by atoms with Crippen molar-refractivity contribution in [1.29, 1.82) is 0 Å². The fourth-order valence-corrected chi connectivity index (χ4v) is 2.12. The summed E-state index contributed by atoms with van der Waals surface area (Å²) >= 11 is 0. The van der Waals surface area contributed by atoms with Crippen LogP contribution in [0.3, 0.4) is 0 Å². The molecule has 1 aliphatic rings. The number of fused-ring (bicyclic) bond motifs is 1. The number of hydrogen-bond donors (Lipinski definition) is 2. The van der Waals surface area contributed by atoms with Crippen molar-refractivity contribution in [2.24, 2.45) is 0 Å². The minimum Gasteiger partial charge on any atom is -0.507 e. The molecule has 0 amide bonds. The van der Waals surface area contributed by atoms with Gasteiger partial charge in [0.05, 0.1) is 18.8 Å². The van der Waals surface area contributed by atoms with E-state index in [0.717, 1.165) is 5.56 Å². The van der Waals surface area contributed by atoms with E-state index >= 15 is 0 Å². The van der Waals surface area contributed by atoms with Crippen molar-refractivity contribution in [3.8, 4) is 11.5 Å². The molecule has 0 bridgehead atoms. The van der Waals surface area contributed by atoms with Crippen molar-refractivity contribution in [3.05, 3.63) is 22.8 Å². The quantitative estimate of drug-likeness (QED) is 0.761. The summed E-state index contributed by atoms with van der Waals surface area (Å²) in [4.78, 5) is 0. The Balaban J connectivity index is 2.59. The molecule has 0 radical (unpaired) electrons. The van der Waals surface area contributed by atoms with Crippen LogP contribution in [-0.2, 0) is 11.2 Å². The van der Waals surface area contributed by atoms with Crippen LogP contribution in [0.15, 0.2) is 6.07 Å². The number of aliphatic hydroxyl groups is 1. The Labute approximate surface area is 94.4 Å². The van der Waals surface area contributed by atoms with Crippen molar-refractivity contribution in [2.45, 2.75) is 32.7 Å². The largest absolute Gasteiger partial charge is 0.507 e. The first-order valence-corrected chi connectivity index (χ1v) is 5.27. The molecule has 0 saturated heterocycles. The van der Waals surface area contributed by atoms with Gasteiger partial charge < -0.3 is 19.7 Å². The highest BCUT2D eigenvalue weighted by Gasteiger charge is 2.28. The second kappa shape index (κ2) is 3.96. The van der Waals surface area contributed by atoms with Crippen LogP contribution >= 0.6 is 0 Å². The zero-order chi connectivity index (χ0) is 11.9. The molecule has 0 saturated carbocycles. The molecule has 0 aliphatic carbocycles. The van der Waals surface area contributed by atoms with Crippen LogP contribution < -0.4 is 4.74 Å². The molecule has 0 unspecified atom stereocenters. The predicted octanol–water partition coefficient (Wildman–Crippen LogP) is 1.66. The molecular formula is C12H16O4. The van der Waals surface area contributed by atoms with E-state index in [0.29, 0.717) is 23.3 Å². The Morgan fingerprint density at radius 3 is 2.81 bits per heavy atom. The van der Waals surface area contributed by atoms with E-state index in [-0.39, 0.29) is 11.9 Å². The van der Waals surface area contributed by atoms with Gasteiger partial charge >= 0.3 is 0 Å². The summed E-state index contributed by atoms with van der Waals surface area (Å²) in [5.74, 6) is 0.700. The maximum atomic E-state index is 9.99. The number of phenolic OH excluding ortho intramolecular Hbond substituents is 1. The molecule has 1 aromatic carbocycles. The SMILES string of the molecule is COc1cc2c(c(O)c1C)[C@H](O)O[C@@H](C)C2. The Bertz CT molecular complexity index is 414. The van der Waals surface area contributed by atoms with Gasteiger partial charge in [0.25, 0.3) is 0 Å². The van der Waals surface area contributed by atoms with E-state index in [1.807, 2.05) is 13.0 Å². The Morgan fingerprint density at radius 2 is 2.19 bits per heavy atom. The number of benzene rings is 1. The van der Waals surface area contributed by atoms with Crippen molar-refractivity contribution >= 4 is 0 Å². The summed E-state index contributed by atoms with van der Waals surface area (Å²) in [7, 11) is 1.56. The standard InChI is InChI=1S/C12H16O4/c1-6-4-8-5-9(15-3)7(2)11(13)10(8)12(14)16-6/h5-6,12-14H,4H2,1-3H3/t6-,12+/m0/s1. The Hall–Kier alpha value is -1.26. The lowest BCUT2D eigenvalue weighted by Gasteiger charge is -2.28. The molecule has 1 heterocycles. The van der Waals surface area contributed by atoms with Crippen molar-refractivity contribution in [2.75, 3.05) is 7.11 Å². The minimum absolute atomic E-state index is 0.0608. The molecule has 4 heteroatoms. The number of methoxy groups -OCH3 is 1. The second-order valence-corrected chi connectivity index (χ2v) is 4.13. The lowest BCUT2D eigenvalue weighted by molar-refractivity contribution is -0.144. The average Bonchev–Trinajstić information content (AvgIpc) is 2.22. The molecule has 0 aromatic heterocycles. The number of ether oxygens (including phenoxy) is 2. The third-order valence-electron chi connectivity index (χ3n) is 2.97. The maximum absolute atomic E-state index is 9.99. The lowest BCUT2D eigenvalue weighted by Crippen LogP contribution is -2.23. The van der Waals surface area contributed by atoms with E-state index < -0.39 is 6.29 Å². The van der Waals surface area contributed by atoms with Gasteiger partial charge in [0.1, 0.15) is 11.5 Å². The first-order chi connectivity index (χ1) is 7.54. The van der Waals surface area contributed by atoms with E-state index in [1.54, 1.807) is 14.0 Å². The van der Waals surface area contributed by atoms with Crippen LogP contribution in [0.5, 0.6) is 11.5 Å². The third-order valence-corrected chi connectivity index (χ3v) is 2.97. The predicted molar refractivity (Wildman–Crippen MR) is 58.6 cm³/mol. The summed E-state index contributed by atoms with van der Waals surface area (Å²) in [6.45, 7) is 3.63. The molecule has 16 heavy (non-hydrogen) atoms. The molecule has 2 N–H and O–H groups in total. The first-order valence-electron chi connectivity index (χ1n) is 5.27. The smallest absolute Gasteiger partial charge is 0.185 e. The van der Waals surface area contributed by atoms with E-state index in [2.05, 4.69) is 0 Å². The highest BCUT2D eigenvalue weighted by Crippen LogP contribution is 2.40. The van der Waals surface area contributed by atoms with Gasteiger partial charge in [-0.25, -0.2) is 0 Å². The zero-order valence-corrected chi connectivity index (χ0v) is 9.65. The molecule has 0 spiro atoms. The minimum atomic E-state index is -1.05. The van der Waals surface area contributed by atoms with Gasteiger partial charge in [-0.05, 0) is 31.9 Å². The first kappa shape index (κ1) is 11.2. The molecule has 88 valence electrons. The maximum Gasteiger partial charge on any atom is 0.185 e. The molecule has 0 fully saturated rings. The van der Waals surface area contributed by atoms with Crippen LogP contribution in [0.25, 0.3) is 0 Å². The van der Waals surface area contributed by atoms with Gasteiger partial charge in [-0.3, -0.25) is 0 Å². The van der Waals surface area contributed by atoms with Crippen molar-refractivity contribution in [1.82, 2.24) is 0 Å². The van der Waals surface area contributed by atoms with E-state index in [4.69, 9.17) is 9.47 Å². The summed E-state index contributed by atoms with van der Waals surface area (Å²) in [5.41, 5.74) is 1.97. The normalized spacial score (nSPS) is 24.0. The average molecular weight is 224 g/mol. The number of rotatable bonds is 1. The molecule has 2 rings (SSSR count). The summed E-state index contributed by atoms with van der Waals surface area (Å²) in [5, 5.41) is 19.8. The third kappa shape index (κ3) is 1.64.